The predicted molar refractivity (Wildman–Crippen MR) is 166 cm³/mol. The Hall–Kier alpha value is -4.42. The monoisotopic (exact) mass is 635 g/mol. The van der Waals surface area contributed by atoms with Crippen LogP contribution in [0.4, 0.5) is 28.4 Å². The zero-order valence-corrected chi connectivity index (χ0v) is 25.1. The highest BCUT2D eigenvalue weighted by Gasteiger charge is 2.30. The first-order valence-electron chi connectivity index (χ1n) is 14.5. The van der Waals surface area contributed by atoms with E-state index in [4.69, 9.17) is 9.72 Å². The summed E-state index contributed by atoms with van der Waals surface area (Å²) >= 11 is 1.34. The molecule has 0 unspecified atom stereocenters. The molecule has 1 aliphatic rings. The molecule has 7 nitrogen and oxygen atoms in total. The Kier molecular flexibility index (Phi) is 8.77. The van der Waals surface area contributed by atoms with Crippen LogP contribution in [-0.4, -0.2) is 51.6 Å². The van der Waals surface area contributed by atoms with Crippen molar-refractivity contribution in [1.29, 1.82) is 0 Å². The third-order valence-electron chi connectivity index (χ3n) is 7.53. The Morgan fingerprint density at radius 2 is 1.71 bits per heavy atom. The van der Waals surface area contributed by atoms with Gasteiger partial charge in [0.15, 0.2) is 10.9 Å². The van der Waals surface area contributed by atoms with Gasteiger partial charge < -0.3 is 9.64 Å². The number of para-hydroxylation sites is 2. The van der Waals surface area contributed by atoms with Crippen LogP contribution in [0, 0.1) is 0 Å². The Balaban J connectivity index is 1.33. The normalized spacial score (nSPS) is 14.5. The number of piperidine rings is 1. The standard InChI is InChI=1S/C33H29F4N5O2S/c1-21(43)42(25-6-3-2-4-7-25)32-40-31-27(8-5-9-28(31)45-32)44-30-20-26(22-10-12-23(13-11-22)33(35,36)37)38-29(39-30)16-19-41-17-14-24(34)15-18-41/h2-13,20,24H,14-19H2,1H3. The van der Waals surface area contributed by atoms with E-state index in [9.17, 15) is 22.4 Å². The zero-order chi connectivity index (χ0) is 31.6. The molecule has 3 aromatic carbocycles. The molecule has 232 valence electrons. The summed E-state index contributed by atoms with van der Waals surface area (Å²) in [6.45, 7) is 3.35. The summed E-state index contributed by atoms with van der Waals surface area (Å²) in [6.07, 6.45) is -3.85. The summed E-state index contributed by atoms with van der Waals surface area (Å²) < 4.78 is 60.4. The highest BCUT2D eigenvalue weighted by molar-refractivity contribution is 7.22. The molecule has 0 saturated carbocycles. The van der Waals surface area contributed by atoms with Crippen molar-refractivity contribution < 1.29 is 27.1 Å². The lowest BCUT2D eigenvalue weighted by molar-refractivity contribution is -0.137. The molecule has 6 rings (SSSR count). The van der Waals surface area contributed by atoms with Gasteiger partial charge in [0.25, 0.3) is 0 Å². The van der Waals surface area contributed by atoms with Gasteiger partial charge in [-0.1, -0.05) is 47.7 Å². The van der Waals surface area contributed by atoms with Crippen molar-refractivity contribution >= 4 is 38.3 Å². The zero-order valence-electron chi connectivity index (χ0n) is 24.3. The minimum atomic E-state index is -4.46. The number of hydrogen-bond donors (Lipinski definition) is 0. The summed E-state index contributed by atoms with van der Waals surface area (Å²) in [6, 6.07) is 21.0. The van der Waals surface area contributed by atoms with Gasteiger partial charge in [0.05, 0.1) is 21.6 Å². The van der Waals surface area contributed by atoms with Gasteiger partial charge >= 0.3 is 6.18 Å². The minimum absolute atomic E-state index is 0.194. The SMILES string of the molecule is CC(=O)N(c1ccccc1)c1nc2c(Oc3cc(-c4ccc(C(F)(F)F)cc4)nc(CCN4CCC(F)CC4)n3)cccc2s1. The number of likely N-dealkylation sites (tertiary alicyclic amines) is 1. The molecule has 1 amide bonds. The molecule has 1 saturated heterocycles. The van der Waals surface area contributed by atoms with E-state index < -0.39 is 17.9 Å². The van der Waals surface area contributed by atoms with Crippen molar-refractivity contribution in [1.82, 2.24) is 19.9 Å². The highest BCUT2D eigenvalue weighted by Crippen LogP contribution is 2.39. The number of carbonyl (C=O) groups excluding carboxylic acids is 1. The van der Waals surface area contributed by atoms with Crippen molar-refractivity contribution in [2.45, 2.75) is 38.5 Å². The van der Waals surface area contributed by atoms with Crippen molar-refractivity contribution in [3.05, 3.63) is 90.3 Å². The van der Waals surface area contributed by atoms with Gasteiger partial charge in [-0.3, -0.25) is 9.69 Å². The highest BCUT2D eigenvalue weighted by atomic mass is 32.1. The Labute approximate surface area is 261 Å². The Morgan fingerprint density at radius 1 is 0.978 bits per heavy atom. The van der Waals surface area contributed by atoms with Crippen LogP contribution >= 0.6 is 11.3 Å². The lowest BCUT2D eigenvalue weighted by Crippen LogP contribution is -2.35. The third kappa shape index (κ3) is 7.12. The second kappa shape index (κ2) is 12.9. The van der Waals surface area contributed by atoms with E-state index in [0.29, 0.717) is 78.1 Å². The van der Waals surface area contributed by atoms with Gasteiger partial charge in [-0.05, 0) is 49.2 Å². The molecule has 0 aliphatic carbocycles. The van der Waals surface area contributed by atoms with Crippen LogP contribution in [0.15, 0.2) is 78.9 Å². The molecule has 0 spiro atoms. The summed E-state index contributed by atoms with van der Waals surface area (Å²) in [4.78, 5) is 30.4. The van der Waals surface area contributed by atoms with Gasteiger partial charge in [0, 0.05) is 44.6 Å². The lowest BCUT2D eigenvalue weighted by Gasteiger charge is -2.28. The number of aromatic nitrogens is 3. The molecule has 1 aliphatic heterocycles. The Bertz CT molecular complexity index is 1790. The van der Waals surface area contributed by atoms with Crippen LogP contribution in [0.2, 0.25) is 0 Å². The number of anilines is 2. The van der Waals surface area contributed by atoms with Crippen molar-refractivity contribution in [3.8, 4) is 22.9 Å². The van der Waals surface area contributed by atoms with E-state index in [2.05, 4.69) is 14.9 Å². The van der Waals surface area contributed by atoms with Crippen LogP contribution in [0.3, 0.4) is 0 Å². The molecule has 45 heavy (non-hydrogen) atoms. The fraction of sp³-hybridized carbons (Fsp3) is 0.273. The number of alkyl halides is 4. The molecule has 5 aromatic rings. The van der Waals surface area contributed by atoms with Gasteiger partial charge in [-0.15, -0.1) is 0 Å². The van der Waals surface area contributed by atoms with Gasteiger partial charge in [0.1, 0.15) is 17.5 Å². The number of thiazole rings is 1. The smallest absolute Gasteiger partial charge is 0.416 e. The fourth-order valence-electron chi connectivity index (χ4n) is 5.20. The van der Waals surface area contributed by atoms with Crippen molar-refractivity contribution in [2.75, 3.05) is 24.5 Å². The van der Waals surface area contributed by atoms with E-state index in [0.717, 1.165) is 16.8 Å². The quantitative estimate of drug-likeness (QED) is 0.160. The van der Waals surface area contributed by atoms with Gasteiger partial charge in [-0.2, -0.15) is 18.2 Å². The predicted octanol–water partition coefficient (Wildman–Crippen LogP) is 8.23. The first kappa shape index (κ1) is 30.6. The fourth-order valence-corrected chi connectivity index (χ4v) is 6.25. The molecule has 0 N–H and O–H groups in total. The number of amides is 1. The molecule has 0 radical (unpaired) electrons. The number of fused-ring (bicyclic) bond motifs is 1. The maximum atomic E-state index is 13.6. The third-order valence-corrected chi connectivity index (χ3v) is 8.54. The average Bonchev–Trinajstić information content (AvgIpc) is 3.45. The molecule has 0 bridgehead atoms. The summed E-state index contributed by atoms with van der Waals surface area (Å²) in [5.74, 6) is 0.855. The van der Waals surface area contributed by atoms with Gasteiger partial charge in [0.2, 0.25) is 11.8 Å². The van der Waals surface area contributed by atoms with Crippen molar-refractivity contribution in [2.24, 2.45) is 0 Å². The summed E-state index contributed by atoms with van der Waals surface area (Å²) in [5.41, 5.74) is 1.34. The maximum absolute atomic E-state index is 13.6. The number of halogens is 4. The molecule has 2 aromatic heterocycles. The number of nitrogens with zero attached hydrogens (tertiary/aromatic N) is 5. The van der Waals surface area contributed by atoms with Crippen LogP contribution < -0.4 is 9.64 Å². The number of ether oxygens (including phenoxy) is 1. The van der Waals surface area contributed by atoms with E-state index in [1.807, 2.05) is 42.5 Å². The van der Waals surface area contributed by atoms with E-state index in [1.165, 1.54) is 35.3 Å². The average molecular weight is 636 g/mol. The molecule has 1 fully saturated rings. The van der Waals surface area contributed by atoms with E-state index >= 15 is 0 Å². The number of rotatable bonds is 8. The Morgan fingerprint density at radius 3 is 2.40 bits per heavy atom. The molecule has 12 heteroatoms. The summed E-state index contributed by atoms with van der Waals surface area (Å²) in [5, 5.41) is 0.477. The molecular weight excluding hydrogens is 606 g/mol. The second-order valence-electron chi connectivity index (χ2n) is 10.7. The summed E-state index contributed by atoms with van der Waals surface area (Å²) in [7, 11) is 0. The minimum Gasteiger partial charge on any atom is -0.437 e. The van der Waals surface area contributed by atoms with Gasteiger partial charge in [-0.25, -0.2) is 14.4 Å². The maximum Gasteiger partial charge on any atom is 0.416 e. The van der Waals surface area contributed by atoms with Crippen molar-refractivity contribution in [3.63, 3.8) is 0 Å². The van der Waals surface area contributed by atoms with Crippen LogP contribution in [0.25, 0.3) is 21.5 Å². The molecule has 0 atom stereocenters. The van der Waals surface area contributed by atoms with Crippen LogP contribution in [0.1, 0.15) is 31.2 Å². The topological polar surface area (TPSA) is 71.5 Å². The number of benzene rings is 3. The number of carbonyl (C=O) groups is 1. The molecule has 3 heterocycles. The lowest BCUT2D eigenvalue weighted by atomic mass is 10.1. The largest absolute Gasteiger partial charge is 0.437 e. The first-order chi connectivity index (χ1) is 21.6. The molecular formula is C33H29F4N5O2S. The number of hydrogen-bond acceptors (Lipinski definition) is 7. The van der Waals surface area contributed by atoms with E-state index in [1.54, 1.807) is 12.1 Å². The van der Waals surface area contributed by atoms with Crippen LogP contribution in [0.5, 0.6) is 11.6 Å². The first-order valence-corrected chi connectivity index (χ1v) is 15.3. The van der Waals surface area contributed by atoms with E-state index in [-0.39, 0.29) is 11.8 Å². The second-order valence-corrected chi connectivity index (χ2v) is 11.7. The van der Waals surface area contributed by atoms with Crippen LogP contribution in [-0.2, 0) is 17.4 Å².